The third-order valence-corrected chi connectivity index (χ3v) is 8.26. The molecular weight excluding hydrogens is 444 g/mol. The Labute approximate surface area is 187 Å². The molecule has 0 radical (unpaired) electrons. The third-order valence-electron chi connectivity index (χ3n) is 5.54. The van der Waals surface area contributed by atoms with Crippen LogP contribution in [0.1, 0.15) is 41.6 Å². The van der Waals surface area contributed by atoms with Crippen LogP contribution in [0.3, 0.4) is 0 Å². The maximum Gasteiger partial charge on any atom is 0.307 e. The molecule has 1 aliphatic heterocycles. The molecule has 6 nitrogen and oxygen atoms in total. The Balaban J connectivity index is 1.58. The van der Waals surface area contributed by atoms with E-state index in [1.54, 1.807) is 36.0 Å². The smallest absolute Gasteiger partial charge is 0.307 e. The van der Waals surface area contributed by atoms with Gasteiger partial charge in [-0.05, 0) is 49.1 Å². The number of hydrogen-bond donors (Lipinski definition) is 3. The molecule has 158 valence electrons. The van der Waals surface area contributed by atoms with E-state index in [0.29, 0.717) is 34.1 Å². The summed E-state index contributed by atoms with van der Waals surface area (Å²) >= 11 is 8.98. The molecule has 2 heterocycles. The molecule has 1 aliphatic carbocycles. The number of thiophene rings is 1. The first-order chi connectivity index (χ1) is 14.4. The van der Waals surface area contributed by atoms with Gasteiger partial charge in [-0.2, -0.15) is 0 Å². The van der Waals surface area contributed by atoms with E-state index in [0.717, 1.165) is 34.8 Å². The number of rotatable bonds is 5. The van der Waals surface area contributed by atoms with E-state index in [4.69, 9.17) is 11.6 Å². The van der Waals surface area contributed by atoms with E-state index in [2.05, 4.69) is 10.6 Å². The zero-order chi connectivity index (χ0) is 21.3. The Bertz CT molecular complexity index is 990. The SMILES string of the molecule is O=C(Nc1ccc(Cl)cc1)c1c(NC(=O)C2CCCCC2C(=O)O)sc2c1CCS2. The number of hydrogen-bond acceptors (Lipinski definition) is 5. The number of carbonyl (C=O) groups excluding carboxylic acids is 2. The fourth-order valence-electron chi connectivity index (χ4n) is 4.03. The molecule has 9 heteroatoms. The van der Waals surface area contributed by atoms with E-state index in [-0.39, 0.29) is 11.8 Å². The summed E-state index contributed by atoms with van der Waals surface area (Å²) in [5.74, 6) is -1.88. The first-order valence-electron chi connectivity index (χ1n) is 9.83. The Morgan fingerprint density at radius 3 is 2.43 bits per heavy atom. The monoisotopic (exact) mass is 464 g/mol. The minimum atomic E-state index is -0.931. The van der Waals surface area contributed by atoms with Crippen molar-refractivity contribution in [2.45, 2.75) is 36.3 Å². The number of benzene rings is 1. The summed E-state index contributed by atoms with van der Waals surface area (Å²) in [6.07, 6.45) is 3.47. The minimum Gasteiger partial charge on any atom is -0.481 e. The van der Waals surface area contributed by atoms with Crippen LogP contribution in [0.4, 0.5) is 10.7 Å². The van der Waals surface area contributed by atoms with E-state index < -0.39 is 17.8 Å². The van der Waals surface area contributed by atoms with Crippen molar-refractivity contribution in [3.05, 3.63) is 40.4 Å². The summed E-state index contributed by atoms with van der Waals surface area (Å²) in [7, 11) is 0. The average Bonchev–Trinajstić information content (AvgIpc) is 3.30. The Hall–Kier alpha value is -2.03. The second kappa shape index (κ2) is 8.99. The molecule has 2 aliphatic rings. The number of thioether (sulfide) groups is 1. The Kier molecular flexibility index (Phi) is 6.36. The second-order valence-electron chi connectivity index (χ2n) is 7.46. The van der Waals surface area contributed by atoms with Crippen molar-refractivity contribution in [3.8, 4) is 0 Å². The van der Waals surface area contributed by atoms with Crippen molar-refractivity contribution in [3.63, 3.8) is 0 Å². The van der Waals surface area contributed by atoms with Crippen molar-refractivity contribution in [2.24, 2.45) is 11.8 Å². The predicted molar refractivity (Wildman–Crippen MR) is 120 cm³/mol. The number of fused-ring (bicyclic) bond motifs is 1. The van der Waals surface area contributed by atoms with E-state index >= 15 is 0 Å². The van der Waals surface area contributed by atoms with Gasteiger partial charge >= 0.3 is 5.97 Å². The molecule has 1 aromatic carbocycles. The first-order valence-corrected chi connectivity index (χ1v) is 12.0. The lowest BCUT2D eigenvalue weighted by atomic mass is 9.79. The van der Waals surface area contributed by atoms with Crippen LogP contribution < -0.4 is 10.6 Å². The highest BCUT2D eigenvalue weighted by atomic mass is 35.5. The van der Waals surface area contributed by atoms with Crippen LogP contribution in [0, 0.1) is 11.8 Å². The number of anilines is 2. The maximum atomic E-state index is 13.1. The largest absolute Gasteiger partial charge is 0.481 e. The highest BCUT2D eigenvalue weighted by Crippen LogP contribution is 2.45. The fourth-order valence-corrected chi connectivity index (χ4v) is 6.75. The number of carboxylic acid groups (broad SMARTS) is 1. The first kappa shape index (κ1) is 21.2. The summed E-state index contributed by atoms with van der Waals surface area (Å²) in [4.78, 5) is 37.6. The average molecular weight is 465 g/mol. The van der Waals surface area contributed by atoms with Crippen molar-refractivity contribution in [2.75, 3.05) is 16.4 Å². The number of amides is 2. The zero-order valence-corrected chi connectivity index (χ0v) is 18.5. The number of halogens is 1. The number of carboxylic acids is 1. The maximum absolute atomic E-state index is 13.1. The molecule has 2 atom stereocenters. The molecule has 1 aromatic heterocycles. The number of nitrogens with one attached hydrogen (secondary N) is 2. The normalized spacial score (nSPS) is 20.4. The third kappa shape index (κ3) is 4.36. The molecular formula is C21H21ClN2O4S2. The van der Waals surface area contributed by atoms with E-state index in [9.17, 15) is 19.5 Å². The van der Waals surface area contributed by atoms with Crippen molar-refractivity contribution < 1.29 is 19.5 Å². The van der Waals surface area contributed by atoms with Gasteiger partial charge in [-0.15, -0.1) is 23.1 Å². The molecule has 2 unspecified atom stereocenters. The van der Waals surface area contributed by atoms with Crippen molar-refractivity contribution >= 4 is 63.2 Å². The summed E-state index contributed by atoms with van der Waals surface area (Å²) in [5.41, 5.74) is 2.04. The zero-order valence-electron chi connectivity index (χ0n) is 16.1. The molecule has 2 aromatic rings. The van der Waals surface area contributed by atoms with Gasteiger partial charge in [-0.25, -0.2) is 0 Å². The van der Waals surface area contributed by atoms with Crippen LogP contribution in [0.2, 0.25) is 5.02 Å². The summed E-state index contributed by atoms with van der Waals surface area (Å²) < 4.78 is 1.03. The van der Waals surface area contributed by atoms with Gasteiger partial charge in [-0.3, -0.25) is 14.4 Å². The second-order valence-corrected chi connectivity index (χ2v) is 10.3. The highest BCUT2D eigenvalue weighted by molar-refractivity contribution is 8.01. The molecule has 0 bridgehead atoms. The topological polar surface area (TPSA) is 95.5 Å². The van der Waals surface area contributed by atoms with Gasteiger partial charge in [0.25, 0.3) is 5.91 Å². The quantitative estimate of drug-likeness (QED) is 0.570. The molecule has 4 rings (SSSR count). The Morgan fingerprint density at radius 1 is 1.03 bits per heavy atom. The summed E-state index contributed by atoms with van der Waals surface area (Å²) in [5, 5.41) is 16.3. The van der Waals surface area contributed by atoms with Crippen LogP contribution in [0.5, 0.6) is 0 Å². The summed E-state index contributed by atoms with van der Waals surface area (Å²) in [6, 6.07) is 6.84. The molecule has 1 fully saturated rings. The van der Waals surface area contributed by atoms with Crippen molar-refractivity contribution in [1.82, 2.24) is 0 Å². The van der Waals surface area contributed by atoms with Gasteiger partial charge < -0.3 is 15.7 Å². The lowest BCUT2D eigenvalue weighted by molar-refractivity contribution is -0.147. The van der Waals surface area contributed by atoms with Crippen LogP contribution in [0.25, 0.3) is 0 Å². The summed E-state index contributed by atoms with van der Waals surface area (Å²) in [6.45, 7) is 0. The van der Waals surface area contributed by atoms with Gasteiger partial charge in [0.2, 0.25) is 5.91 Å². The molecule has 0 spiro atoms. The lowest BCUT2D eigenvalue weighted by Crippen LogP contribution is -2.36. The minimum absolute atomic E-state index is 0.286. The van der Waals surface area contributed by atoms with Gasteiger partial charge in [0.05, 0.1) is 21.6 Å². The predicted octanol–water partition coefficient (Wildman–Crippen LogP) is 5.13. The molecule has 1 saturated carbocycles. The fraction of sp³-hybridized carbons (Fsp3) is 0.381. The van der Waals surface area contributed by atoms with E-state index in [1.807, 2.05) is 0 Å². The van der Waals surface area contributed by atoms with Gasteiger partial charge in [0.15, 0.2) is 0 Å². The lowest BCUT2D eigenvalue weighted by Gasteiger charge is -2.27. The number of aliphatic carboxylic acids is 1. The van der Waals surface area contributed by atoms with Crippen LogP contribution in [-0.2, 0) is 16.0 Å². The Morgan fingerprint density at radius 2 is 1.73 bits per heavy atom. The molecule has 2 amide bonds. The molecule has 3 N–H and O–H groups in total. The number of carbonyl (C=O) groups is 3. The van der Waals surface area contributed by atoms with Crippen LogP contribution >= 0.6 is 34.7 Å². The van der Waals surface area contributed by atoms with Crippen LogP contribution in [0.15, 0.2) is 28.5 Å². The van der Waals surface area contributed by atoms with Gasteiger partial charge in [0.1, 0.15) is 5.00 Å². The molecule has 0 saturated heterocycles. The van der Waals surface area contributed by atoms with Crippen LogP contribution in [-0.4, -0.2) is 28.6 Å². The van der Waals surface area contributed by atoms with Gasteiger partial charge in [-0.1, -0.05) is 24.4 Å². The van der Waals surface area contributed by atoms with E-state index in [1.165, 1.54) is 11.3 Å². The molecule has 30 heavy (non-hydrogen) atoms. The van der Waals surface area contributed by atoms with Gasteiger partial charge in [0, 0.05) is 16.5 Å². The van der Waals surface area contributed by atoms with Crippen molar-refractivity contribution in [1.29, 1.82) is 0 Å². The standard InChI is InChI=1S/C21H21ClN2O4S2/c22-11-5-7-12(8-6-11)23-18(26)16-15-9-10-29-21(15)30-19(16)24-17(25)13-3-1-2-4-14(13)20(27)28/h5-8,13-14H,1-4,9-10H2,(H,23,26)(H,24,25)(H,27,28). The highest BCUT2D eigenvalue weighted by Gasteiger charge is 2.37.